The molecule has 27 heavy (non-hydrogen) atoms. The summed E-state index contributed by atoms with van der Waals surface area (Å²) >= 11 is 0. The van der Waals surface area contributed by atoms with Gasteiger partial charge in [-0.2, -0.15) is 0 Å². The van der Waals surface area contributed by atoms with Gasteiger partial charge in [-0.25, -0.2) is 9.59 Å². The Morgan fingerprint density at radius 2 is 2.04 bits per heavy atom. The van der Waals surface area contributed by atoms with Crippen LogP contribution in [0.3, 0.4) is 0 Å². The molecule has 154 valence electrons. The molecule has 1 aliphatic rings. The van der Waals surface area contributed by atoms with E-state index in [1.54, 1.807) is 32.9 Å². The van der Waals surface area contributed by atoms with Gasteiger partial charge in [-0.15, -0.1) is 0 Å². The SMILES string of the molecule is C/C=C(\C)C(=O)O[C@@H]1C[C@H](O)[C@H](O[C@H](C)CCCC/C=C/C(=O)O)OC1C. The number of hydrogen-bond donors (Lipinski definition) is 2. The molecule has 1 aliphatic heterocycles. The average Bonchev–Trinajstić information content (AvgIpc) is 2.61. The van der Waals surface area contributed by atoms with Crippen molar-refractivity contribution in [3.8, 4) is 0 Å². The summed E-state index contributed by atoms with van der Waals surface area (Å²) in [7, 11) is 0. The van der Waals surface area contributed by atoms with Crippen molar-refractivity contribution in [1.29, 1.82) is 0 Å². The quantitative estimate of drug-likeness (QED) is 0.339. The molecule has 0 saturated carbocycles. The molecule has 5 atom stereocenters. The summed E-state index contributed by atoms with van der Waals surface area (Å²) in [5.74, 6) is -1.34. The van der Waals surface area contributed by atoms with Crippen LogP contribution in [0.4, 0.5) is 0 Å². The van der Waals surface area contributed by atoms with Crippen molar-refractivity contribution in [2.24, 2.45) is 0 Å². The summed E-state index contributed by atoms with van der Waals surface area (Å²) in [6.45, 7) is 7.15. The molecule has 2 N–H and O–H groups in total. The van der Waals surface area contributed by atoms with Crippen molar-refractivity contribution >= 4 is 11.9 Å². The number of carbonyl (C=O) groups is 2. The Balaban J connectivity index is 2.36. The molecule has 0 bridgehead atoms. The van der Waals surface area contributed by atoms with Crippen molar-refractivity contribution in [3.05, 3.63) is 23.8 Å². The van der Waals surface area contributed by atoms with Gasteiger partial charge >= 0.3 is 11.9 Å². The van der Waals surface area contributed by atoms with Crippen molar-refractivity contribution < 1.29 is 34.0 Å². The van der Waals surface area contributed by atoms with E-state index in [4.69, 9.17) is 19.3 Å². The van der Waals surface area contributed by atoms with E-state index in [9.17, 15) is 14.7 Å². The van der Waals surface area contributed by atoms with Gasteiger partial charge in [0.25, 0.3) is 0 Å². The van der Waals surface area contributed by atoms with Gasteiger partial charge in [0.05, 0.1) is 12.2 Å². The molecule has 1 saturated heterocycles. The second kappa shape index (κ2) is 11.9. The van der Waals surface area contributed by atoms with E-state index in [1.165, 1.54) is 0 Å². The lowest BCUT2D eigenvalue weighted by molar-refractivity contribution is -0.275. The van der Waals surface area contributed by atoms with Crippen LogP contribution in [0.1, 0.15) is 59.8 Å². The lowest BCUT2D eigenvalue weighted by Crippen LogP contribution is -2.49. The van der Waals surface area contributed by atoms with Crippen LogP contribution < -0.4 is 0 Å². The maximum atomic E-state index is 11.9. The maximum absolute atomic E-state index is 11.9. The Morgan fingerprint density at radius 3 is 2.67 bits per heavy atom. The highest BCUT2D eigenvalue weighted by molar-refractivity contribution is 5.87. The van der Waals surface area contributed by atoms with Gasteiger partial charge in [0.2, 0.25) is 0 Å². The molecule has 0 amide bonds. The summed E-state index contributed by atoms with van der Waals surface area (Å²) in [6, 6.07) is 0. The first kappa shape index (κ1) is 23.3. The number of aliphatic carboxylic acids is 1. The summed E-state index contributed by atoms with van der Waals surface area (Å²) in [5, 5.41) is 18.8. The number of allylic oxidation sites excluding steroid dienone is 2. The highest BCUT2D eigenvalue weighted by atomic mass is 16.7. The number of ether oxygens (including phenoxy) is 3. The molecule has 0 aliphatic carbocycles. The number of esters is 1. The number of carboxylic acid groups (broad SMARTS) is 1. The third kappa shape index (κ3) is 8.69. The van der Waals surface area contributed by atoms with Gasteiger partial charge in [0.1, 0.15) is 12.2 Å². The third-order valence-corrected chi connectivity index (χ3v) is 4.53. The van der Waals surface area contributed by atoms with Crippen molar-refractivity contribution in [1.82, 2.24) is 0 Å². The predicted octanol–water partition coefficient (Wildman–Crippen LogP) is 2.97. The molecule has 0 spiro atoms. The normalized spacial score (nSPS) is 27.5. The fraction of sp³-hybridized carbons (Fsp3) is 0.700. The summed E-state index contributed by atoms with van der Waals surface area (Å²) < 4.78 is 16.9. The summed E-state index contributed by atoms with van der Waals surface area (Å²) in [4.78, 5) is 22.3. The number of carbonyl (C=O) groups excluding carboxylic acids is 1. The second-order valence-corrected chi connectivity index (χ2v) is 6.90. The number of rotatable bonds is 10. The van der Waals surface area contributed by atoms with Crippen molar-refractivity contribution in [2.45, 2.75) is 90.5 Å². The molecule has 7 heteroatoms. The first-order chi connectivity index (χ1) is 12.7. The number of carboxylic acids is 1. The van der Waals surface area contributed by atoms with Crippen LogP contribution >= 0.6 is 0 Å². The topological polar surface area (TPSA) is 102 Å². The van der Waals surface area contributed by atoms with E-state index in [2.05, 4.69) is 0 Å². The van der Waals surface area contributed by atoms with Gasteiger partial charge in [-0.05, 0) is 47.0 Å². The van der Waals surface area contributed by atoms with Crippen LogP contribution in [0.15, 0.2) is 23.8 Å². The van der Waals surface area contributed by atoms with E-state index < -0.39 is 30.4 Å². The summed E-state index contributed by atoms with van der Waals surface area (Å²) in [6.07, 6.45) is 5.34. The molecule has 0 aromatic heterocycles. The van der Waals surface area contributed by atoms with Crippen LogP contribution in [0, 0.1) is 0 Å². The number of aliphatic hydroxyl groups excluding tert-OH is 1. The van der Waals surface area contributed by atoms with E-state index in [0.717, 1.165) is 25.3 Å². The fourth-order valence-electron chi connectivity index (χ4n) is 2.72. The highest BCUT2D eigenvalue weighted by Crippen LogP contribution is 2.25. The van der Waals surface area contributed by atoms with Gasteiger partial charge in [0.15, 0.2) is 6.29 Å². The van der Waals surface area contributed by atoms with E-state index in [0.29, 0.717) is 12.0 Å². The third-order valence-electron chi connectivity index (χ3n) is 4.53. The Kier molecular flexibility index (Phi) is 10.3. The Labute approximate surface area is 161 Å². The Morgan fingerprint density at radius 1 is 1.33 bits per heavy atom. The van der Waals surface area contributed by atoms with Crippen LogP contribution in [-0.2, 0) is 23.8 Å². The molecule has 0 aromatic carbocycles. The first-order valence-electron chi connectivity index (χ1n) is 9.47. The van der Waals surface area contributed by atoms with Crippen molar-refractivity contribution in [3.63, 3.8) is 0 Å². The highest BCUT2D eigenvalue weighted by Gasteiger charge is 2.38. The van der Waals surface area contributed by atoms with Gasteiger partial charge in [0, 0.05) is 18.1 Å². The smallest absolute Gasteiger partial charge is 0.333 e. The van der Waals surface area contributed by atoms with E-state index in [-0.39, 0.29) is 18.6 Å². The van der Waals surface area contributed by atoms with Gasteiger partial charge in [-0.3, -0.25) is 0 Å². The lowest BCUT2D eigenvalue weighted by Gasteiger charge is -2.38. The molecule has 1 rings (SSSR count). The van der Waals surface area contributed by atoms with Crippen LogP contribution in [0.25, 0.3) is 0 Å². The Hall–Kier alpha value is -1.70. The minimum Gasteiger partial charge on any atom is -0.478 e. The number of aliphatic hydroxyl groups is 1. The zero-order valence-electron chi connectivity index (χ0n) is 16.6. The maximum Gasteiger partial charge on any atom is 0.333 e. The molecule has 0 aromatic rings. The van der Waals surface area contributed by atoms with E-state index >= 15 is 0 Å². The largest absolute Gasteiger partial charge is 0.478 e. The molecule has 1 fully saturated rings. The fourth-order valence-corrected chi connectivity index (χ4v) is 2.72. The first-order valence-corrected chi connectivity index (χ1v) is 9.47. The number of hydrogen-bond acceptors (Lipinski definition) is 6. The second-order valence-electron chi connectivity index (χ2n) is 6.90. The lowest BCUT2D eigenvalue weighted by atomic mass is 10.0. The van der Waals surface area contributed by atoms with Gasteiger partial charge < -0.3 is 24.4 Å². The molecule has 7 nitrogen and oxygen atoms in total. The average molecular weight is 384 g/mol. The zero-order chi connectivity index (χ0) is 20.4. The molecular weight excluding hydrogens is 352 g/mol. The van der Waals surface area contributed by atoms with Crippen LogP contribution in [-0.4, -0.2) is 52.9 Å². The zero-order valence-corrected chi connectivity index (χ0v) is 16.6. The minimum absolute atomic E-state index is 0.107. The van der Waals surface area contributed by atoms with Crippen molar-refractivity contribution in [2.75, 3.05) is 0 Å². The molecule has 1 heterocycles. The standard InChI is InChI=1S/C20H32O7/c1-5-13(2)19(24)27-17-12-16(21)20(26-15(17)4)25-14(3)10-8-6-7-9-11-18(22)23/h5,9,11,14-17,20-21H,6-8,10,12H2,1-4H3,(H,22,23)/b11-9+,13-5+/t14-,15?,16+,17-,20-/m1/s1. The summed E-state index contributed by atoms with van der Waals surface area (Å²) in [5.41, 5.74) is 0.516. The monoisotopic (exact) mass is 384 g/mol. The Bertz CT molecular complexity index is 540. The van der Waals surface area contributed by atoms with Crippen LogP contribution in [0.2, 0.25) is 0 Å². The minimum atomic E-state index is -0.936. The molecule has 0 radical (unpaired) electrons. The van der Waals surface area contributed by atoms with E-state index in [1.807, 2.05) is 6.92 Å². The molecule has 1 unspecified atom stereocenters. The predicted molar refractivity (Wildman–Crippen MR) is 100 cm³/mol. The number of unbranched alkanes of at least 4 members (excludes halogenated alkanes) is 2. The van der Waals surface area contributed by atoms with Gasteiger partial charge in [-0.1, -0.05) is 18.6 Å². The molecular formula is C20H32O7. The van der Waals surface area contributed by atoms with Crippen LogP contribution in [0.5, 0.6) is 0 Å².